The van der Waals surface area contributed by atoms with E-state index in [1.54, 1.807) is 56.9 Å². The van der Waals surface area contributed by atoms with Gasteiger partial charge in [-0.1, -0.05) is 12.3 Å². The summed E-state index contributed by atoms with van der Waals surface area (Å²) in [5.74, 6) is 1.89. The number of anilines is 2. The lowest BCUT2D eigenvalue weighted by atomic mass is 10.1. The molecule has 11 heteroatoms. The molecule has 3 rings (SSSR count). The maximum absolute atomic E-state index is 14.8. The summed E-state index contributed by atoms with van der Waals surface area (Å²) in [6.07, 6.45) is 3.29. The van der Waals surface area contributed by atoms with Crippen molar-refractivity contribution in [3.8, 4) is 17.9 Å². The quantitative estimate of drug-likeness (QED) is 0.122. The van der Waals surface area contributed by atoms with Crippen LogP contribution in [0.15, 0.2) is 52.8 Å². The Balaban J connectivity index is 1.66. The first-order valence-corrected chi connectivity index (χ1v) is 13.6. The molecule has 0 atom stereocenters. The van der Waals surface area contributed by atoms with Crippen LogP contribution in [0.1, 0.15) is 52.5 Å². The van der Waals surface area contributed by atoms with Crippen molar-refractivity contribution in [2.45, 2.75) is 52.6 Å². The van der Waals surface area contributed by atoms with Gasteiger partial charge in [0.2, 0.25) is 0 Å². The van der Waals surface area contributed by atoms with Crippen molar-refractivity contribution in [2.75, 3.05) is 36.6 Å². The monoisotopic (exact) mass is 580 g/mol. The van der Waals surface area contributed by atoms with Crippen molar-refractivity contribution in [1.82, 2.24) is 10.2 Å². The van der Waals surface area contributed by atoms with Gasteiger partial charge in [0, 0.05) is 30.9 Å². The predicted octanol–water partition coefficient (Wildman–Crippen LogP) is 6.13. The molecule has 0 unspecified atom stereocenters. The number of allylic oxidation sites excluding steroid dienone is 1. The average Bonchev–Trinajstić information content (AvgIpc) is 2.94. The molecule has 0 saturated carbocycles. The lowest BCUT2D eigenvalue weighted by Crippen LogP contribution is -2.44. The molecule has 2 aromatic rings. The number of nitrogens with one attached hydrogen (secondary N) is 2. The van der Waals surface area contributed by atoms with Crippen molar-refractivity contribution in [3.63, 3.8) is 0 Å². The molecule has 2 N–H and O–H groups in total. The van der Waals surface area contributed by atoms with Gasteiger partial charge in [-0.05, 0) is 82.9 Å². The van der Waals surface area contributed by atoms with Crippen LogP contribution in [-0.4, -0.2) is 49.1 Å². The molecule has 1 aliphatic heterocycles. The molecule has 0 fully saturated rings. The van der Waals surface area contributed by atoms with Gasteiger partial charge in [-0.25, -0.2) is 18.0 Å². The maximum Gasteiger partial charge on any atom is 0.407 e. The van der Waals surface area contributed by atoms with E-state index < -0.39 is 29.1 Å². The third-order valence-electron chi connectivity index (χ3n) is 6.25. The number of amides is 1. The van der Waals surface area contributed by atoms with Crippen LogP contribution in [0.5, 0.6) is 0 Å². The van der Waals surface area contributed by atoms with Crippen LogP contribution in [0.2, 0.25) is 0 Å². The lowest BCUT2D eigenvalue weighted by Gasteiger charge is -2.38. The molecule has 1 aliphatic rings. The Bertz CT molecular complexity index is 1420. The highest BCUT2D eigenvalue weighted by Crippen LogP contribution is 2.30. The van der Waals surface area contributed by atoms with Gasteiger partial charge < -0.3 is 15.0 Å². The number of rotatable bonds is 9. The van der Waals surface area contributed by atoms with Gasteiger partial charge in [0.25, 0.3) is 0 Å². The largest absolute Gasteiger partial charge is 0.444 e. The minimum atomic E-state index is -1.52. The third kappa shape index (κ3) is 9.57. The second kappa shape index (κ2) is 14.9. The molecule has 1 amide bonds. The first-order valence-electron chi connectivity index (χ1n) is 13.6. The number of alkyl carbamates (subject to hydrolysis) is 1. The number of halogens is 3. The van der Waals surface area contributed by atoms with Gasteiger partial charge in [-0.3, -0.25) is 10.3 Å². The molecule has 0 saturated heterocycles. The molecule has 8 nitrogen and oxygen atoms in total. The molecule has 1 heterocycles. The number of carbonyl (C=O) groups excluding carboxylic acids is 1. The molecular formula is C31H35F3N6O2. The minimum Gasteiger partial charge on any atom is -0.444 e. The summed E-state index contributed by atoms with van der Waals surface area (Å²) in [4.78, 5) is 15.4. The standard InChI is InChI=1S/C31H35F3N6O2/c1-22-24(9-8-17-37-38-25-12-10-23(19-35)11-13-25)20-39(18-7-5-6-16-36-30(41)42-31(2,3)4)21-40(22)27-15-14-26(32)28(33)29(27)34/h10-15,17,38H,5-7,16,18,20-21H2,1-4H3,(H,36,41). The van der Waals surface area contributed by atoms with E-state index in [0.29, 0.717) is 42.2 Å². The van der Waals surface area contributed by atoms with Crippen molar-refractivity contribution < 1.29 is 22.7 Å². The van der Waals surface area contributed by atoms with E-state index in [2.05, 4.69) is 27.7 Å². The van der Waals surface area contributed by atoms with Crippen molar-refractivity contribution in [3.05, 3.63) is 70.7 Å². The molecule has 0 bridgehead atoms. The fourth-order valence-corrected chi connectivity index (χ4v) is 4.14. The minimum absolute atomic E-state index is 0.0758. The van der Waals surface area contributed by atoms with E-state index in [4.69, 9.17) is 10.00 Å². The van der Waals surface area contributed by atoms with Gasteiger partial charge in [0.1, 0.15) is 5.60 Å². The Morgan fingerprint density at radius 1 is 1.10 bits per heavy atom. The average molecular weight is 581 g/mol. The van der Waals surface area contributed by atoms with E-state index in [9.17, 15) is 18.0 Å². The van der Waals surface area contributed by atoms with E-state index >= 15 is 0 Å². The molecule has 0 aromatic heterocycles. The van der Waals surface area contributed by atoms with E-state index in [1.807, 2.05) is 11.0 Å². The van der Waals surface area contributed by atoms with Crippen molar-refractivity contribution in [2.24, 2.45) is 5.10 Å². The van der Waals surface area contributed by atoms with Crippen molar-refractivity contribution >= 4 is 23.7 Å². The summed E-state index contributed by atoms with van der Waals surface area (Å²) in [6.45, 7) is 9.03. The zero-order valence-corrected chi connectivity index (χ0v) is 24.2. The molecule has 0 aliphatic carbocycles. The molecule has 42 heavy (non-hydrogen) atoms. The zero-order chi connectivity index (χ0) is 30.7. The Hall–Kier alpha value is -4.48. The summed E-state index contributed by atoms with van der Waals surface area (Å²) >= 11 is 0. The Kier molecular flexibility index (Phi) is 11.4. The highest BCUT2D eigenvalue weighted by molar-refractivity contribution is 5.80. The smallest absolute Gasteiger partial charge is 0.407 e. The number of hydrogen-bond acceptors (Lipinski definition) is 7. The van der Waals surface area contributed by atoms with Crippen molar-refractivity contribution in [1.29, 1.82) is 5.26 Å². The third-order valence-corrected chi connectivity index (χ3v) is 6.25. The van der Waals surface area contributed by atoms with Crippen LogP contribution < -0.4 is 15.6 Å². The van der Waals surface area contributed by atoms with E-state index in [0.717, 1.165) is 25.3 Å². The fourth-order valence-electron chi connectivity index (χ4n) is 4.14. The number of hydrogen-bond donors (Lipinski definition) is 2. The number of nitriles is 1. The number of benzene rings is 2. The van der Waals surface area contributed by atoms with Crippen LogP contribution in [0.3, 0.4) is 0 Å². The number of carbonyl (C=O) groups is 1. The number of nitrogens with zero attached hydrogens (tertiary/aromatic N) is 4. The van der Waals surface area contributed by atoms with Crippen LogP contribution in [0, 0.1) is 40.6 Å². The lowest BCUT2D eigenvalue weighted by molar-refractivity contribution is 0.0527. The second-order valence-corrected chi connectivity index (χ2v) is 10.7. The van der Waals surface area contributed by atoms with Gasteiger partial charge in [-0.2, -0.15) is 10.4 Å². The summed E-state index contributed by atoms with van der Waals surface area (Å²) in [5.41, 5.74) is 4.72. The van der Waals surface area contributed by atoms with Gasteiger partial charge in [-0.15, -0.1) is 0 Å². The number of unbranched alkanes of at least 4 members (excludes halogenated alkanes) is 2. The first kappa shape index (κ1) is 32.0. The van der Waals surface area contributed by atoms with Gasteiger partial charge in [0.05, 0.1) is 35.9 Å². The predicted molar refractivity (Wildman–Crippen MR) is 157 cm³/mol. The Morgan fingerprint density at radius 2 is 1.83 bits per heavy atom. The van der Waals surface area contributed by atoms with E-state index in [-0.39, 0.29) is 12.4 Å². The summed E-state index contributed by atoms with van der Waals surface area (Å²) in [6, 6.07) is 10.9. The summed E-state index contributed by atoms with van der Waals surface area (Å²) in [5, 5.41) is 15.7. The van der Waals surface area contributed by atoms with Crippen LogP contribution in [0.25, 0.3) is 0 Å². The summed E-state index contributed by atoms with van der Waals surface area (Å²) < 4.78 is 47.7. The second-order valence-electron chi connectivity index (χ2n) is 10.7. The molecule has 0 spiro atoms. The fraction of sp³-hybridized carbons (Fsp3) is 0.387. The zero-order valence-electron chi connectivity index (χ0n) is 24.2. The van der Waals surface area contributed by atoms with Gasteiger partial charge in [0.15, 0.2) is 17.5 Å². The SMILES string of the molecule is CC1=C(C#CC=NNc2ccc(C#N)cc2)CN(CCCCCNC(=O)OC(C)(C)C)CN1c1ccc(F)c(F)c1F. The highest BCUT2D eigenvalue weighted by atomic mass is 19.2. The van der Waals surface area contributed by atoms with Crippen LogP contribution in [-0.2, 0) is 4.74 Å². The highest BCUT2D eigenvalue weighted by Gasteiger charge is 2.27. The molecular weight excluding hydrogens is 545 g/mol. The molecule has 0 radical (unpaired) electrons. The number of ether oxygens (including phenoxy) is 1. The first-order chi connectivity index (χ1) is 20.0. The molecule has 2 aromatic carbocycles. The number of hydrazone groups is 1. The van der Waals surface area contributed by atoms with Crippen LogP contribution in [0.4, 0.5) is 29.3 Å². The normalized spacial score (nSPS) is 13.9. The van der Waals surface area contributed by atoms with Crippen LogP contribution >= 0.6 is 0 Å². The summed E-state index contributed by atoms with van der Waals surface area (Å²) in [7, 11) is 0. The maximum atomic E-state index is 14.8. The Labute approximate surface area is 244 Å². The molecule has 222 valence electrons. The topological polar surface area (TPSA) is 93.0 Å². The van der Waals surface area contributed by atoms with E-state index in [1.165, 1.54) is 12.3 Å². The van der Waals surface area contributed by atoms with Gasteiger partial charge >= 0.3 is 6.09 Å². The Morgan fingerprint density at radius 3 is 2.52 bits per heavy atom.